The quantitative estimate of drug-likeness (QED) is 0.453. The predicted molar refractivity (Wildman–Crippen MR) is 89.0 cm³/mol. The molecule has 3 rings (SSSR count). The third kappa shape index (κ3) is 2.75. The lowest BCUT2D eigenvalue weighted by Gasteiger charge is -2.26. The summed E-state index contributed by atoms with van der Waals surface area (Å²) in [6.45, 7) is 0.124. The Bertz CT molecular complexity index is 774. The zero-order chi connectivity index (χ0) is 17.3. The van der Waals surface area contributed by atoms with E-state index in [2.05, 4.69) is 5.32 Å². The van der Waals surface area contributed by atoms with Crippen molar-refractivity contribution in [3.8, 4) is 11.5 Å². The van der Waals surface area contributed by atoms with Gasteiger partial charge in [0.15, 0.2) is 6.29 Å². The smallest absolute Gasteiger partial charge is 0.260 e. The summed E-state index contributed by atoms with van der Waals surface area (Å²) in [4.78, 5) is 14.5. The monoisotopic (exact) mass is 330 g/mol. The van der Waals surface area contributed by atoms with Gasteiger partial charge in [-0.15, -0.1) is 0 Å². The zero-order valence-electron chi connectivity index (χ0n) is 13.3. The maximum atomic E-state index is 13.0. The molecule has 2 aromatic carbocycles. The minimum Gasteiger partial charge on any atom is -0.508 e. The molecule has 0 aromatic heterocycles. The lowest BCUT2D eigenvalue weighted by molar-refractivity contribution is -0.0941. The number of hydrogen-bond donors (Lipinski definition) is 3. The number of phenolic OH excluding ortho intramolecular Hbond substituents is 2. The number of amides is 1. The van der Waals surface area contributed by atoms with Crippen molar-refractivity contribution in [2.45, 2.75) is 6.29 Å². The highest BCUT2D eigenvalue weighted by molar-refractivity contribution is 6.14. The lowest BCUT2D eigenvalue weighted by atomic mass is 10.1. The van der Waals surface area contributed by atoms with Crippen LogP contribution >= 0.6 is 0 Å². The average molecular weight is 330 g/mol. The molecule has 126 valence electrons. The number of anilines is 3. The molecule has 0 unspecified atom stereocenters. The van der Waals surface area contributed by atoms with Gasteiger partial charge in [-0.1, -0.05) is 6.07 Å². The van der Waals surface area contributed by atoms with Crippen LogP contribution in [0.1, 0.15) is 10.4 Å². The zero-order valence-corrected chi connectivity index (χ0v) is 13.3. The van der Waals surface area contributed by atoms with Crippen LogP contribution in [0.5, 0.6) is 11.5 Å². The molecule has 1 amide bonds. The summed E-state index contributed by atoms with van der Waals surface area (Å²) in [5, 5.41) is 23.0. The summed E-state index contributed by atoms with van der Waals surface area (Å²) in [5.74, 6) is -0.344. The fraction of sp³-hybridized carbons (Fsp3) is 0.235. The van der Waals surface area contributed by atoms with Crippen molar-refractivity contribution in [1.82, 2.24) is 0 Å². The van der Waals surface area contributed by atoms with Gasteiger partial charge >= 0.3 is 0 Å². The number of phenols is 2. The molecular formula is C17H18N2O5. The Balaban J connectivity index is 2.16. The third-order valence-electron chi connectivity index (χ3n) is 3.91. The number of carbonyl (C=O) groups excluding carboxylic acids is 1. The van der Waals surface area contributed by atoms with Crippen LogP contribution in [-0.4, -0.2) is 43.2 Å². The minimum atomic E-state index is -0.636. The van der Waals surface area contributed by atoms with Gasteiger partial charge in [-0.25, -0.2) is 0 Å². The van der Waals surface area contributed by atoms with E-state index in [4.69, 9.17) is 9.47 Å². The van der Waals surface area contributed by atoms with Crippen molar-refractivity contribution in [2.75, 3.05) is 31.0 Å². The number of nitrogens with one attached hydrogen (secondary N) is 1. The summed E-state index contributed by atoms with van der Waals surface area (Å²) in [5.41, 5.74) is 1.68. The van der Waals surface area contributed by atoms with E-state index in [-0.39, 0.29) is 24.0 Å². The molecule has 0 saturated heterocycles. The summed E-state index contributed by atoms with van der Waals surface area (Å²) in [6, 6.07) is 9.35. The van der Waals surface area contributed by atoms with Crippen LogP contribution in [0.4, 0.5) is 17.1 Å². The van der Waals surface area contributed by atoms with Gasteiger partial charge in [0.1, 0.15) is 11.5 Å². The second kappa shape index (κ2) is 6.38. The van der Waals surface area contributed by atoms with Crippen LogP contribution in [-0.2, 0) is 9.47 Å². The molecule has 0 saturated carbocycles. The Hall–Kier alpha value is -2.77. The number of benzene rings is 2. The van der Waals surface area contributed by atoms with Crippen LogP contribution in [0.15, 0.2) is 36.4 Å². The van der Waals surface area contributed by atoms with E-state index in [9.17, 15) is 15.0 Å². The first-order valence-electron chi connectivity index (χ1n) is 7.34. The van der Waals surface area contributed by atoms with Crippen LogP contribution < -0.4 is 10.2 Å². The maximum Gasteiger partial charge on any atom is 0.260 e. The van der Waals surface area contributed by atoms with Gasteiger partial charge in [-0.2, -0.15) is 0 Å². The Morgan fingerprint density at radius 3 is 2.62 bits per heavy atom. The highest BCUT2D eigenvalue weighted by Gasteiger charge is 2.30. The Kier molecular flexibility index (Phi) is 4.28. The molecule has 1 aliphatic rings. The number of methoxy groups -OCH3 is 2. The van der Waals surface area contributed by atoms with E-state index < -0.39 is 6.29 Å². The van der Waals surface area contributed by atoms with Gasteiger partial charge < -0.3 is 29.9 Å². The van der Waals surface area contributed by atoms with E-state index in [0.717, 1.165) is 0 Å². The summed E-state index contributed by atoms with van der Waals surface area (Å²) in [6.07, 6.45) is -0.636. The summed E-state index contributed by atoms with van der Waals surface area (Å²) in [7, 11) is 2.97. The number of rotatable bonds is 4. The first kappa shape index (κ1) is 16.1. The van der Waals surface area contributed by atoms with E-state index in [1.807, 2.05) is 0 Å². The predicted octanol–water partition coefficient (Wildman–Crippen LogP) is 2.42. The summed E-state index contributed by atoms with van der Waals surface area (Å²) < 4.78 is 10.4. The highest BCUT2D eigenvalue weighted by atomic mass is 16.7. The van der Waals surface area contributed by atoms with Gasteiger partial charge in [-0.3, -0.25) is 4.79 Å². The molecule has 7 heteroatoms. The molecule has 0 bridgehead atoms. The molecule has 0 spiro atoms. The fourth-order valence-corrected chi connectivity index (χ4v) is 2.66. The second-order valence-corrected chi connectivity index (χ2v) is 5.34. The third-order valence-corrected chi connectivity index (χ3v) is 3.91. The van der Waals surface area contributed by atoms with E-state index in [1.54, 1.807) is 18.2 Å². The molecule has 24 heavy (non-hydrogen) atoms. The number of carbonyl (C=O) groups is 1. The van der Waals surface area contributed by atoms with Crippen molar-refractivity contribution in [2.24, 2.45) is 0 Å². The molecular weight excluding hydrogens is 312 g/mol. The molecule has 2 aromatic rings. The van der Waals surface area contributed by atoms with E-state index in [1.165, 1.54) is 37.3 Å². The van der Waals surface area contributed by atoms with Crippen LogP contribution in [0.3, 0.4) is 0 Å². The molecule has 0 fully saturated rings. The maximum absolute atomic E-state index is 13.0. The van der Waals surface area contributed by atoms with Crippen molar-refractivity contribution in [3.63, 3.8) is 0 Å². The van der Waals surface area contributed by atoms with Gasteiger partial charge in [0, 0.05) is 20.3 Å². The number of ether oxygens (including phenoxy) is 2. The van der Waals surface area contributed by atoms with Crippen molar-refractivity contribution in [3.05, 3.63) is 42.0 Å². The van der Waals surface area contributed by atoms with Crippen LogP contribution in [0.25, 0.3) is 0 Å². The lowest BCUT2D eigenvalue weighted by Crippen LogP contribution is -2.38. The number of hydrogen-bond acceptors (Lipinski definition) is 6. The number of fused-ring (bicyclic) bond motifs is 2. The topological polar surface area (TPSA) is 91.3 Å². The van der Waals surface area contributed by atoms with Gasteiger partial charge in [0.2, 0.25) is 0 Å². The van der Waals surface area contributed by atoms with Crippen LogP contribution in [0, 0.1) is 0 Å². The van der Waals surface area contributed by atoms with E-state index in [0.29, 0.717) is 22.6 Å². The minimum absolute atomic E-state index is 0.0231. The first-order chi connectivity index (χ1) is 11.5. The number of para-hydroxylation sites is 1. The first-order valence-corrected chi connectivity index (χ1v) is 7.34. The largest absolute Gasteiger partial charge is 0.508 e. The average Bonchev–Trinajstić information content (AvgIpc) is 2.69. The Morgan fingerprint density at radius 1 is 1.17 bits per heavy atom. The number of aromatic hydroxyl groups is 2. The van der Waals surface area contributed by atoms with Crippen molar-refractivity contribution in [1.29, 1.82) is 0 Å². The molecule has 1 aliphatic heterocycles. The Labute approximate surface area is 139 Å². The summed E-state index contributed by atoms with van der Waals surface area (Å²) >= 11 is 0. The second-order valence-electron chi connectivity index (χ2n) is 5.34. The molecule has 7 nitrogen and oxygen atoms in total. The van der Waals surface area contributed by atoms with Crippen LogP contribution in [0.2, 0.25) is 0 Å². The molecule has 0 aliphatic carbocycles. The fourth-order valence-electron chi connectivity index (χ4n) is 2.66. The normalized spacial score (nSPS) is 13.3. The van der Waals surface area contributed by atoms with Gasteiger partial charge in [0.25, 0.3) is 5.91 Å². The van der Waals surface area contributed by atoms with Crippen molar-refractivity contribution >= 4 is 23.0 Å². The SMILES string of the molecule is COC(CN1C(=O)c2cccc(O)c2Nc2ccc(O)cc21)OC. The Morgan fingerprint density at radius 2 is 1.92 bits per heavy atom. The van der Waals surface area contributed by atoms with E-state index >= 15 is 0 Å². The van der Waals surface area contributed by atoms with Crippen molar-refractivity contribution < 1.29 is 24.5 Å². The standard InChI is InChI=1S/C17H18N2O5/c1-23-15(24-2)9-19-13-8-10(20)6-7-12(13)18-16-11(17(19)22)4-3-5-14(16)21/h3-8,15,18,20-21H,9H2,1-2H3. The molecule has 0 radical (unpaired) electrons. The molecule has 3 N–H and O–H groups in total. The highest BCUT2D eigenvalue weighted by Crippen LogP contribution is 2.41. The molecule has 0 atom stereocenters. The molecule has 1 heterocycles. The van der Waals surface area contributed by atoms with Gasteiger partial charge in [0.05, 0.1) is 29.2 Å². The van der Waals surface area contributed by atoms with Gasteiger partial charge in [-0.05, 0) is 24.3 Å². The number of nitrogens with zero attached hydrogens (tertiary/aromatic N) is 1.